The van der Waals surface area contributed by atoms with Gasteiger partial charge in [-0.2, -0.15) is 5.10 Å². The summed E-state index contributed by atoms with van der Waals surface area (Å²) in [6.45, 7) is 5.01. The fraction of sp³-hybridized carbons (Fsp3) is 0.333. The van der Waals surface area contributed by atoms with E-state index in [1.54, 1.807) is 17.2 Å². The van der Waals surface area contributed by atoms with Crippen molar-refractivity contribution >= 4 is 33.7 Å². The molecule has 0 saturated carbocycles. The minimum absolute atomic E-state index is 0.702. The van der Waals surface area contributed by atoms with Gasteiger partial charge >= 0.3 is 0 Å². The van der Waals surface area contributed by atoms with E-state index in [2.05, 4.69) is 67.3 Å². The van der Waals surface area contributed by atoms with Gasteiger partial charge < -0.3 is 20.9 Å². The number of benzene rings is 1. The van der Waals surface area contributed by atoms with Gasteiger partial charge in [0.25, 0.3) is 0 Å². The molecule has 0 bridgehead atoms. The third-order valence-corrected chi connectivity index (χ3v) is 4.91. The Balaban J connectivity index is 1.30. The lowest BCUT2D eigenvalue weighted by Crippen LogP contribution is -2.39. The lowest BCUT2D eigenvalue weighted by molar-refractivity contribution is 0.785. The van der Waals surface area contributed by atoms with Gasteiger partial charge in [0.05, 0.1) is 11.6 Å². The second-order valence-electron chi connectivity index (χ2n) is 6.95. The van der Waals surface area contributed by atoms with Crippen LogP contribution in [-0.4, -0.2) is 56.9 Å². The molecule has 0 amide bonds. The van der Waals surface area contributed by atoms with Crippen molar-refractivity contribution in [1.82, 2.24) is 35.4 Å². The maximum Gasteiger partial charge on any atom is 0.191 e. The predicted octanol–water partition coefficient (Wildman–Crippen LogP) is 2.05. The lowest BCUT2D eigenvalue weighted by atomic mass is 10.1. The molecule has 0 radical (unpaired) electrons. The minimum atomic E-state index is 0.702. The van der Waals surface area contributed by atoms with Crippen LogP contribution in [0.2, 0.25) is 0 Å². The van der Waals surface area contributed by atoms with Crippen molar-refractivity contribution in [3.63, 3.8) is 0 Å². The minimum Gasteiger partial charge on any atom is -0.368 e. The molecule has 0 aliphatic heterocycles. The molecule has 0 aliphatic carbocycles. The molecule has 4 N–H and O–H groups in total. The van der Waals surface area contributed by atoms with Crippen LogP contribution in [0, 0.1) is 0 Å². The number of hydrogen-bond acceptors (Lipinski definition) is 5. The van der Waals surface area contributed by atoms with Crippen molar-refractivity contribution in [3.8, 4) is 0 Å². The largest absolute Gasteiger partial charge is 0.368 e. The van der Waals surface area contributed by atoms with Crippen molar-refractivity contribution in [3.05, 3.63) is 48.5 Å². The second-order valence-corrected chi connectivity index (χ2v) is 6.95. The molecule has 3 aromatic heterocycles. The number of para-hydroxylation sites is 1. The molecular formula is C21H27N9. The highest BCUT2D eigenvalue weighted by Crippen LogP contribution is 2.18. The number of guanidine groups is 1. The van der Waals surface area contributed by atoms with Crippen molar-refractivity contribution in [2.24, 2.45) is 12.0 Å². The van der Waals surface area contributed by atoms with Gasteiger partial charge in [0.15, 0.2) is 11.6 Å². The maximum absolute atomic E-state index is 4.71. The Labute approximate surface area is 175 Å². The molecular weight excluding hydrogens is 378 g/mol. The molecule has 156 valence electrons. The average molecular weight is 406 g/mol. The van der Waals surface area contributed by atoms with Gasteiger partial charge in [-0.05, 0) is 25.0 Å². The van der Waals surface area contributed by atoms with Gasteiger partial charge in [0, 0.05) is 50.3 Å². The molecule has 9 nitrogen and oxygen atoms in total. The summed E-state index contributed by atoms with van der Waals surface area (Å²) in [5, 5.41) is 16.4. The molecule has 1 aromatic carbocycles. The Morgan fingerprint density at radius 1 is 1.13 bits per heavy atom. The van der Waals surface area contributed by atoms with Gasteiger partial charge in [-0.1, -0.05) is 18.2 Å². The molecule has 0 atom stereocenters. The first-order valence-corrected chi connectivity index (χ1v) is 10.2. The van der Waals surface area contributed by atoms with Crippen molar-refractivity contribution in [1.29, 1.82) is 0 Å². The van der Waals surface area contributed by atoms with E-state index < -0.39 is 0 Å². The van der Waals surface area contributed by atoms with Crippen LogP contribution in [0.5, 0.6) is 0 Å². The summed E-state index contributed by atoms with van der Waals surface area (Å²) in [6, 6.07) is 8.35. The van der Waals surface area contributed by atoms with E-state index in [4.69, 9.17) is 4.99 Å². The third kappa shape index (κ3) is 4.35. The highest BCUT2D eigenvalue weighted by molar-refractivity contribution is 5.86. The van der Waals surface area contributed by atoms with Crippen molar-refractivity contribution in [2.75, 3.05) is 31.5 Å². The first kappa shape index (κ1) is 19.7. The average Bonchev–Trinajstić information content (AvgIpc) is 3.35. The van der Waals surface area contributed by atoms with Crippen molar-refractivity contribution < 1.29 is 0 Å². The number of aryl methyl sites for hydroxylation is 1. The van der Waals surface area contributed by atoms with Gasteiger partial charge in [-0.25, -0.2) is 9.97 Å². The van der Waals surface area contributed by atoms with Crippen LogP contribution in [0.25, 0.3) is 21.9 Å². The highest BCUT2D eigenvalue weighted by atomic mass is 15.3. The van der Waals surface area contributed by atoms with Crippen LogP contribution >= 0.6 is 0 Å². The first-order valence-electron chi connectivity index (χ1n) is 10.2. The monoisotopic (exact) mass is 405 g/mol. The number of fused-ring (bicyclic) bond motifs is 2. The van der Waals surface area contributed by atoms with Crippen LogP contribution < -0.4 is 16.0 Å². The summed E-state index contributed by atoms with van der Waals surface area (Å²) in [4.78, 5) is 16.6. The highest BCUT2D eigenvalue weighted by Gasteiger charge is 2.07. The Bertz CT molecular complexity index is 1140. The molecule has 30 heavy (non-hydrogen) atoms. The number of aromatic amines is 1. The van der Waals surface area contributed by atoms with Crippen LogP contribution in [0.4, 0.5) is 5.82 Å². The lowest BCUT2D eigenvalue weighted by Gasteiger charge is -2.12. The van der Waals surface area contributed by atoms with E-state index in [9.17, 15) is 0 Å². The van der Waals surface area contributed by atoms with Gasteiger partial charge in [0.1, 0.15) is 12.1 Å². The van der Waals surface area contributed by atoms with E-state index in [0.29, 0.717) is 19.6 Å². The Kier molecular flexibility index (Phi) is 6.07. The van der Waals surface area contributed by atoms with E-state index >= 15 is 0 Å². The van der Waals surface area contributed by atoms with Gasteiger partial charge in [-0.3, -0.25) is 9.67 Å². The molecule has 3 heterocycles. The fourth-order valence-corrected chi connectivity index (χ4v) is 3.43. The Hall–Kier alpha value is -3.62. The smallest absolute Gasteiger partial charge is 0.191 e. The molecule has 0 saturated heterocycles. The number of nitrogens with one attached hydrogen (secondary N) is 4. The number of anilines is 1. The fourth-order valence-electron chi connectivity index (χ4n) is 3.43. The maximum atomic E-state index is 4.71. The number of rotatable bonds is 8. The van der Waals surface area contributed by atoms with E-state index in [1.165, 1.54) is 16.5 Å². The first-order chi connectivity index (χ1) is 14.8. The number of hydrogen-bond donors (Lipinski definition) is 4. The summed E-state index contributed by atoms with van der Waals surface area (Å²) >= 11 is 0. The number of nitrogens with zero attached hydrogens (tertiary/aromatic N) is 5. The molecule has 4 rings (SSSR count). The zero-order chi connectivity index (χ0) is 20.8. The molecule has 9 heteroatoms. The molecule has 0 aliphatic rings. The van der Waals surface area contributed by atoms with E-state index in [0.717, 1.165) is 35.8 Å². The van der Waals surface area contributed by atoms with Gasteiger partial charge in [-0.15, -0.1) is 0 Å². The summed E-state index contributed by atoms with van der Waals surface area (Å²) in [5.74, 6) is 1.60. The van der Waals surface area contributed by atoms with Crippen molar-refractivity contribution in [2.45, 2.75) is 13.3 Å². The molecule has 0 spiro atoms. The number of H-pyrrole nitrogens is 1. The number of aliphatic imine (C=N–C) groups is 1. The Morgan fingerprint density at radius 3 is 2.93 bits per heavy atom. The summed E-state index contributed by atoms with van der Waals surface area (Å²) in [5.41, 5.74) is 3.27. The van der Waals surface area contributed by atoms with E-state index in [-0.39, 0.29) is 0 Å². The summed E-state index contributed by atoms with van der Waals surface area (Å²) < 4.78 is 1.74. The van der Waals surface area contributed by atoms with Crippen LogP contribution in [0.3, 0.4) is 0 Å². The SMILES string of the molecule is CCNC(=NCCc1c[nH]c2ccccc12)NCCNc1ncnc2c1cnn2C. The van der Waals surface area contributed by atoms with Crippen LogP contribution in [0.15, 0.2) is 48.0 Å². The zero-order valence-electron chi connectivity index (χ0n) is 17.3. The van der Waals surface area contributed by atoms with Crippen LogP contribution in [0.1, 0.15) is 12.5 Å². The summed E-state index contributed by atoms with van der Waals surface area (Å²) in [6.07, 6.45) is 6.29. The molecule has 0 unspecified atom stereocenters. The van der Waals surface area contributed by atoms with E-state index in [1.807, 2.05) is 13.1 Å². The van der Waals surface area contributed by atoms with Gasteiger partial charge in [0.2, 0.25) is 0 Å². The molecule has 0 fully saturated rings. The van der Waals surface area contributed by atoms with Crippen LogP contribution in [-0.2, 0) is 13.5 Å². The molecule has 4 aromatic rings. The Morgan fingerprint density at radius 2 is 2.03 bits per heavy atom. The number of aromatic nitrogens is 5. The second kappa shape index (κ2) is 9.25. The predicted molar refractivity (Wildman–Crippen MR) is 121 cm³/mol. The quantitative estimate of drug-likeness (QED) is 0.203. The standard InChI is InChI=1S/C21H27N9/c1-3-22-21(24-9-8-15-12-26-18-7-5-4-6-16(15)18)25-11-10-23-19-17-13-29-30(2)20(17)28-14-27-19/h4-7,12-14,26H,3,8-11H2,1-2H3,(H2,22,24,25)(H,23,27,28). The normalized spacial score (nSPS) is 11.9. The summed E-state index contributed by atoms with van der Waals surface area (Å²) in [7, 11) is 1.87. The topological polar surface area (TPSA) is 108 Å². The zero-order valence-corrected chi connectivity index (χ0v) is 17.3. The third-order valence-electron chi connectivity index (χ3n) is 4.91.